The smallest absolute Gasteiger partial charge is 0.293 e. The van der Waals surface area contributed by atoms with E-state index in [1.165, 1.54) is 4.90 Å². The monoisotopic (exact) mass is 530 g/mol. The third-order valence-corrected chi connectivity index (χ3v) is 7.12. The van der Waals surface area contributed by atoms with Crippen molar-refractivity contribution >= 4 is 40.6 Å². The topological polar surface area (TPSA) is 84.9 Å². The van der Waals surface area contributed by atoms with Gasteiger partial charge in [0, 0.05) is 5.69 Å². The van der Waals surface area contributed by atoms with Crippen molar-refractivity contribution in [2.75, 3.05) is 25.1 Å². The maximum atomic E-state index is 12.8. The van der Waals surface area contributed by atoms with Gasteiger partial charge in [-0.05, 0) is 97.6 Å². The number of imide groups is 1. The van der Waals surface area contributed by atoms with Crippen LogP contribution in [0.2, 0.25) is 0 Å². The van der Waals surface area contributed by atoms with E-state index in [1.54, 1.807) is 30.3 Å². The number of amides is 3. The molecule has 0 radical (unpaired) electrons. The zero-order chi connectivity index (χ0) is 27.2. The quantitative estimate of drug-likeness (QED) is 0.339. The van der Waals surface area contributed by atoms with E-state index in [0.29, 0.717) is 10.7 Å². The Morgan fingerprint density at radius 2 is 1.71 bits per heavy atom. The summed E-state index contributed by atoms with van der Waals surface area (Å²) in [5.74, 6) is 0.679. The first-order chi connectivity index (χ1) is 18.2. The van der Waals surface area contributed by atoms with E-state index in [9.17, 15) is 14.4 Å². The second-order valence-electron chi connectivity index (χ2n) is 9.10. The molecule has 0 spiro atoms. The van der Waals surface area contributed by atoms with Crippen molar-refractivity contribution in [3.05, 3.63) is 93.4 Å². The number of carbonyl (C=O) groups is 3. The number of rotatable bonds is 9. The summed E-state index contributed by atoms with van der Waals surface area (Å²) in [4.78, 5) is 39.1. The van der Waals surface area contributed by atoms with Crippen molar-refractivity contribution in [3.63, 3.8) is 0 Å². The Labute approximate surface area is 226 Å². The van der Waals surface area contributed by atoms with Gasteiger partial charge in [-0.1, -0.05) is 36.4 Å². The second-order valence-corrected chi connectivity index (χ2v) is 10.1. The highest BCUT2D eigenvalue weighted by atomic mass is 32.2. The number of carbonyl (C=O) groups excluding carboxylic acids is 3. The summed E-state index contributed by atoms with van der Waals surface area (Å²) in [6.45, 7) is 8.15. The molecular formula is C30H30N2O5S. The van der Waals surface area contributed by atoms with Gasteiger partial charge in [-0.15, -0.1) is 0 Å². The first-order valence-corrected chi connectivity index (χ1v) is 13.1. The molecule has 0 unspecified atom stereocenters. The molecule has 38 heavy (non-hydrogen) atoms. The number of nitrogens with one attached hydrogen (secondary N) is 1. The molecule has 0 bridgehead atoms. The molecule has 8 heteroatoms. The lowest BCUT2D eigenvalue weighted by Gasteiger charge is -2.14. The molecule has 1 aliphatic rings. The van der Waals surface area contributed by atoms with Gasteiger partial charge in [-0.3, -0.25) is 19.3 Å². The summed E-state index contributed by atoms with van der Waals surface area (Å²) in [5.41, 5.74) is 5.70. The number of hydrogen-bond donors (Lipinski definition) is 1. The van der Waals surface area contributed by atoms with Crippen molar-refractivity contribution in [3.8, 4) is 11.5 Å². The van der Waals surface area contributed by atoms with Crippen LogP contribution >= 0.6 is 11.8 Å². The molecule has 0 atom stereocenters. The molecule has 1 aliphatic heterocycles. The van der Waals surface area contributed by atoms with Gasteiger partial charge in [0.25, 0.3) is 17.1 Å². The Morgan fingerprint density at radius 1 is 0.947 bits per heavy atom. The summed E-state index contributed by atoms with van der Waals surface area (Å²) in [6, 6.07) is 18.7. The molecule has 196 valence electrons. The highest BCUT2D eigenvalue weighted by Gasteiger charge is 2.34. The van der Waals surface area contributed by atoms with Crippen LogP contribution in [0.1, 0.15) is 27.8 Å². The van der Waals surface area contributed by atoms with E-state index in [1.807, 2.05) is 64.1 Å². The molecule has 1 saturated heterocycles. The van der Waals surface area contributed by atoms with Crippen molar-refractivity contribution in [1.82, 2.24) is 4.90 Å². The number of ether oxygens (including phenoxy) is 2. The molecular weight excluding hydrogens is 500 g/mol. The number of nitrogens with zero attached hydrogens (tertiary/aromatic N) is 1. The highest BCUT2D eigenvalue weighted by molar-refractivity contribution is 8.18. The molecule has 3 amide bonds. The Hall–Kier alpha value is -4.04. The SMILES string of the molecule is Cc1ccc(C)c(OCCN2C(=O)S/C(=C\c3ccc(OCC(=O)Nc4cccc(C)c4C)cc3)C2=O)c1. The van der Waals surface area contributed by atoms with Gasteiger partial charge in [-0.2, -0.15) is 0 Å². The fraction of sp³-hybridized carbons (Fsp3) is 0.233. The minimum Gasteiger partial charge on any atom is -0.491 e. The van der Waals surface area contributed by atoms with Crippen molar-refractivity contribution in [2.45, 2.75) is 27.7 Å². The molecule has 1 N–H and O–H groups in total. The average Bonchev–Trinajstić information content (AvgIpc) is 3.15. The maximum Gasteiger partial charge on any atom is 0.293 e. The zero-order valence-corrected chi connectivity index (χ0v) is 22.7. The van der Waals surface area contributed by atoms with E-state index < -0.39 is 0 Å². The summed E-state index contributed by atoms with van der Waals surface area (Å²) in [5, 5.41) is 2.54. The van der Waals surface area contributed by atoms with Crippen LogP contribution < -0.4 is 14.8 Å². The highest BCUT2D eigenvalue weighted by Crippen LogP contribution is 2.32. The van der Waals surface area contributed by atoms with Crippen LogP contribution in [0.5, 0.6) is 11.5 Å². The molecule has 3 aromatic rings. The van der Waals surface area contributed by atoms with Crippen molar-refractivity contribution in [1.29, 1.82) is 0 Å². The van der Waals surface area contributed by atoms with Crippen LogP contribution in [0.4, 0.5) is 10.5 Å². The number of anilines is 1. The lowest BCUT2D eigenvalue weighted by atomic mass is 10.1. The average molecular weight is 531 g/mol. The zero-order valence-electron chi connectivity index (χ0n) is 21.9. The van der Waals surface area contributed by atoms with E-state index in [2.05, 4.69) is 5.32 Å². The van der Waals surface area contributed by atoms with Crippen LogP contribution in [0, 0.1) is 27.7 Å². The van der Waals surface area contributed by atoms with E-state index >= 15 is 0 Å². The summed E-state index contributed by atoms with van der Waals surface area (Å²) in [6.07, 6.45) is 1.67. The normalized spacial score (nSPS) is 14.2. The van der Waals surface area contributed by atoms with Gasteiger partial charge < -0.3 is 14.8 Å². The first-order valence-electron chi connectivity index (χ1n) is 12.3. The number of thioether (sulfide) groups is 1. The molecule has 1 heterocycles. The molecule has 0 saturated carbocycles. The van der Waals surface area contributed by atoms with E-state index in [-0.39, 0.29) is 36.8 Å². The van der Waals surface area contributed by atoms with Crippen molar-refractivity contribution < 1.29 is 23.9 Å². The summed E-state index contributed by atoms with van der Waals surface area (Å²) >= 11 is 0.909. The Kier molecular flexibility index (Phi) is 8.53. The number of hydrogen-bond acceptors (Lipinski definition) is 6. The van der Waals surface area contributed by atoms with Gasteiger partial charge >= 0.3 is 0 Å². The maximum absolute atomic E-state index is 12.8. The first kappa shape index (κ1) is 27.0. The van der Waals surface area contributed by atoms with Crippen LogP contribution in [0.15, 0.2) is 65.6 Å². The molecule has 0 aromatic heterocycles. The lowest BCUT2D eigenvalue weighted by molar-refractivity contribution is -0.123. The van der Waals surface area contributed by atoms with Crippen molar-refractivity contribution in [2.24, 2.45) is 0 Å². The minimum atomic E-state index is -0.340. The standard InChI is InChI=1S/C30H30N2O5S/c1-19-8-9-21(3)26(16-19)36-15-14-32-29(34)27(38-30(32)35)17-23-10-12-24(13-11-23)37-18-28(33)31-25-7-5-6-20(2)22(25)4/h5-13,16-17H,14-15,18H2,1-4H3,(H,31,33)/b27-17-. The third kappa shape index (κ3) is 6.63. The van der Waals surface area contributed by atoms with Gasteiger partial charge in [0.05, 0.1) is 11.4 Å². The van der Waals surface area contributed by atoms with E-state index in [0.717, 1.165) is 51.0 Å². The predicted octanol–water partition coefficient (Wildman–Crippen LogP) is 6.05. The molecule has 1 fully saturated rings. The molecule has 7 nitrogen and oxygen atoms in total. The van der Waals surface area contributed by atoms with E-state index in [4.69, 9.17) is 9.47 Å². The number of aryl methyl sites for hydroxylation is 3. The lowest BCUT2D eigenvalue weighted by Crippen LogP contribution is -2.32. The van der Waals surface area contributed by atoms with Crippen LogP contribution in [0.3, 0.4) is 0 Å². The minimum absolute atomic E-state index is 0.129. The largest absolute Gasteiger partial charge is 0.491 e. The summed E-state index contributed by atoms with van der Waals surface area (Å²) < 4.78 is 11.4. The Bertz CT molecular complexity index is 1400. The summed E-state index contributed by atoms with van der Waals surface area (Å²) in [7, 11) is 0. The van der Waals surface area contributed by atoms with Gasteiger partial charge in [0.15, 0.2) is 6.61 Å². The van der Waals surface area contributed by atoms with Crippen LogP contribution in [-0.4, -0.2) is 41.7 Å². The molecule has 3 aromatic carbocycles. The molecule has 0 aliphatic carbocycles. The van der Waals surface area contributed by atoms with Crippen LogP contribution in [0.25, 0.3) is 6.08 Å². The van der Waals surface area contributed by atoms with Gasteiger partial charge in [0.1, 0.15) is 18.1 Å². The molecule has 4 rings (SSSR count). The Balaban J connectivity index is 1.29. The van der Waals surface area contributed by atoms with Gasteiger partial charge in [0.2, 0.25) is 0 Å². The van der Waals surface area contributed by atoms with Gasteiger partial charge in [-0.25, -0.2) is 0 Å². The van der Waals surface area contributed by atoms with Crippen LogP contribution in [-0.2, 0) is 9.59 Å². The third-order valence-electron chi connectivity index (χ3n) is 6.22. The second kappa shape index (κ2) is 12.0. The fourth-order valence-corrected chi connectivity index (χ4v) is 4.70. The number of benzene rings is 3. The Morgan fingerprint density at radius 3 is 2.47 bits per heavy atom. The predicted molar refractivity (Wildman–Crippen MR) is 151 cm³/mol. The fourth-order valence-electron chi connectivity index (χ4n) is 3.84.